The van der Waals surface area contributed by atoms with Crippen LogP contribution in [0.15, 0.2) is 57.7 Å². The molecule has 0 unspecified atom stereocenters. The molecule has 23 heavy (non-hydrogen) atoms. The van der Waals surface area contributed by atoms with Gasteiger partial charge >= 0.3 is 5.97 Å². The van der Waals surface area contributed by atoms with Gasteiger partial charge in [0.25, 0.3) is 0 Å². The van der Waals surface area contributed by atoms with E-state index in [-0.39, 0.29) is 11.2 Å². The second-order valence-corrected chi connectivity index (χ2v) is 4.98. The van der Waals surface area contributed by atoms with Crippen molar-refractivity contribution in [2.24, 2.45) is 0 Å². The highest BCUT2D eigenvalue weighted by molar-refractivity contribution is 5.80. The van der Waals surface area contributed by atoms with E-state index in [2.05, 4.69) is 0 Å². The number of ether oxygens (including phenoxy) is 2. The third kappa shape index (κ3) is 3.08. The Kier molecular flexibility index (Phi) is 3.85. The van der Waals surface area contributed by atoms with E-state index in [1.54, 1.807) is 31.2 Å². The maximum Gasteiger partial charge on any atom is 0.308 e. The zero-order valence-electron chi connectivity index (χ0n) is 12.7. The van der Waals surface area contributed by atoms with E-state index in [1.807, 2.05) is 18.2 Å². The number of para-hydroxylation sites is 1. The lowest BCUT2D eigenvalue weighted by Crippen LogP contribution is -2.08. The quantitative estimate of drug-likeness (QED) is 0.543. The topological polar surface area (TPSA) is 65.7 Å². The molecular weight excluding hydrogens is 296 g/mol. The van der Waals surface area contributed by atoms with Crippen LogP contribution in [0.4, 0.5) is 0 Å². The molecule has 116 valence electrons. The zero-order valence-corrected chi connectivity index (χ0v) is 12.7. The Morgan fingerprint density at radius 1 is 1.04 bits per heavy atom. The minimum Gasteiger partial charge on any atom is -0.457 e. The minimum atomic E-state index is -0.438. The molecule has 0 bridgehead atoms. The lowest BCUT2D eigenvalue weighted by molar-refractivity contribution is -0.131. The van der Waals surface area contributed by atoms with Crippen LogP contribution in [0.25, 0.3) is 11.0 Å². The molecule has 5 nitrogen and oxygen atoms in total. The van der Waals surface area contributed by atoms with Crippen molar-refractivity contribution < 1.29 is 18.7 Å². The van der Waals surface area contributed by atoms with Gasteiger partial charge in [0.05, 0.1) is 5.39 Å². The van der Waals surface area contributed by atoms with E-state index in [0.29, 0.717) is 28.2 Å². The summed E-state index contributed by atoms with van der Waals surface area (Å²) in [6.07, 6.45) is 0. The number of hydrogen-bond acceptors (Lipinski definition) is 5. The van der Waals surface area contributed by atoms with Gasteiger partial charge in [0.1, 0.15) is 22.8 Å². The van der Waals surface area contributed by atoms with Crippen molar-refractivity contribution in [2.45, 2.75) is 13.8 Å². The van der Waals surface area contributed by atoms with Crippen molar-refractivity contribution in [3.63, 3.8) is 0 Å². The van der Waals surface area contributed by atoms with Gasteiger partial charge in [0, 0.05) is 13.0 Å². The van der Waals surface area contributed by atoms with Gasteiger partial charge in [-0.25, -0.2) is 0 Å². The number of rotatable bonds is 3. The molecule has 1 heterocycles. The summed E-state index contributed by atoms with van der Waals surface area (Å²) in [6, 6.07) is 13.6. The lowest BCUT2D eigenvalue weighted by Gasteiger charge is -2.09. The van der Waals surface area contributed by atoms with Gasteiger partial charge in [0.2, 0.25) is 11.2 Å². The van der Waals surface area contributed by atoms with E-state index in [0.717, 1.165) is 0 Å². The first-order valence-electron chi connectivity index (χ1n) is 7.03. The molecule has 0 saturated heterocycles. The smallest absolute Gasteiger partial charge is 0.308 e. The predicted molar refractivity (Wildman–Crippen MR) is 85.0 cm³/mol. The van der Waals surface area contributed by atoms with Crippen LogP contribution in [-0.2, 0) is 4.79 Å². The molecule has 5 heteroatoms. The summed E-state index contributed by atoms with van der Waals surface area (Å²) in [5.41, 5.74) is 0.0636. The highest BCUT2D eigenvalue weighted by atomic mass is 16.5. The summed E-state index contributed by atoms with van der Waals surface area (Å²) in [4.78, 5) is 23.6. The summed E-state index contributed by atoms with van der Waals surface area (Å²) in [5.74, 6) is 0.936. The maximum absolute atomic E-state index is 12.6. The molecule has 3 aromatic rings. The number of aryl methyl sites for hydroxylation is 1. The molecule has 0 spiro atoms. The van der Waals surface area contributed by atoms with Gasteiger partial charge in [0.15, 0.2) is 0 Å². The van der Waals surface area contributed by atoms with E-state index in [4.69, 9.17) is 13.9 Å². The average molecular weight is 310 g/mol. The van der Waals surface area contributed by atoms with E-state index in [9.17, 15) is 9.59 Å². The number of carbonyl (C=O) groups excluding carboxylic acids is 1. The van der Waals surface area contributed by atoms with Crippen molar-refractivity contribution in [3.8, 4) is 17.2 Å². The minimum absolute atomic E-state index is 0.143. The first kappa shape index (κ1) is 14.8. The molecule has 0 aliphatic carbocycles. The molecule has 0 aliphatic heterocycles. The van der Waals surface area contributed by atoms with Gasteiger partial charge in [-0.15, -0.1) is 0 Å². The van der Waals surface area contributed by atoms with Crippen LogP contribution in [0.5, 0.6) is 17.2 Å². The second kappa shape index (κ2) is 5.96. The number of esters is 1. The largest absolute Gasteiger partial charge is 0.457 e. The van der Waals surface area contributed by atoms with Crippen LogP contribution in [0.3, 0.4) is 0 Å². The summed E-state index contributed by atoms with van der Waals surface area (Å²) in [5, 5.41) is 0.359. The van der Waals surface area contributed by atoms with Gasteiger partial charge in [-0.2, -0.15) is 0 Å². The summed E-state index contributed by atoms with van der Waals surface area (Å²) >= 11 is 0. The standard InChI is InChI=1S/C18H14O5/c1-11-18(23-13-6-4-3-5-7-13)17(20)15-9-8-14(22-12(2)19)10-16(15)21-11/h3-10H,1-2H3. The molecular formula is C18H14O5. The van der Waals surface area contributed by atoms with Crippen LogP contribution < -0.4 is 14.9 Å². The molecule has 0 fully saturated rings. The molecule has 0 N–H and O–H groups in total. The van der Waals surface area contributed by atoms with Gasteiger partial charge < -0.3 is 13.9 Å². The van der Waals surface area contributed by atoms with Crippen LogP contribution in [-0.4, -0.2) is 5.97 Å². The highest BCUT2D eigenvalue weighted by Crippen LogP contribution is 2.27. The Morgan fingerprint density at radius 3 is 2.48 bits per heavy atom. The van der Waals surface area contributed by atoms with Gasteiger partial charge in [-0.3, -0.25) is 9.59 Å². The molecule has 0 atom stereocenters. The normalized spacial score (nSPS) is 10.5. The van der Waals surface area contributed by atoms with Crippen molar-refractivity contribution in [2.75, 3.05) is 0 Å². The monoisotopic (exact) mass is 310 g/mol. The molecule has 0 radical (unpaired) electrons. The van der Waals surface area contributed by atoms with Crippen LogP contribution in [0.1, 0.15) is 12.7 Å². The van der Waals surface area contributed by atoms with E-state index < -0.39 is 5.97 Å². The Labute approximate surface area is 132 Å². The third-order valence-corrected chi connectivity index (χ3v) is 3.21. The first-order valence-corrected chi connectivity index (χ1v) is 7.03. The van der Waals surface area contributed by atoms with E-state index >= 15 is 0 Å². The summed E-state index contributed by atoms with van der Waals surface area (Å²) in [6.45, 7) is 2.96. The first-order chi connectivity index (χ1) is 11.0. The average Bonchev–Trinajstić information content (AvgIpc) is 2.51. The SMILES string of the molecule is CC(=O)Oc1ccc2c(=O)c(Oc3ccccc3)c(C)oc2c1. The number of benzene rings is 2. The third-order valence-electron chi connectivity index (χ3n) is 3.21. The Morgan fingerprint density at radius 2 is 1.78 bits per heavy atom. The maximum atomic E-state index is 12.6. The summed E-state index contributed by atoms with van der Waals surface area (Å²) < 4.78 is 16.3. The zero-order chi connectivity index (χ0) is 16.4. The fraction of sp³-hybridized carbons (Fsp3) is 0.111. The molecule has 0 amide bonds. The van der Waals surface area contributed by atoms with Crippen molar-refractivity contribution >= 4 is 16.9 Å². The fourth-order valence-electron chi connectivity index (χ4n) is 2.22. The van der Waals surface area contributed by atoms with Crippen molar-refractivity contribution in [1.82, 2.24) is 0 Å². The molecule has 1 aromatic heterocycles. The highest BCUT2D eigenvalue weighted by Gasteiger charge is 2.14. The predicted octanol–water partition coefficient (Wildman–Crippen LogP) is 3.82. The number of hydrogen-bond donors (Lipinski definition) is 0. The van der Waals surface area contributed by atoms with Crippen LogP contribution >= 0.6 is 0 Å². The van der Waals surface area contributed by atoms with Gasteiger partial charge in [-0.1, -0.05) is 18.2 Å². The van der Waals surface area contributed by atoms with Crippen LogP contribution in [0, 0.1) is 6.92 Å². The fourth-order valence-corrected chi connectivity index (χ4v) is 2.22. The van der Waals surface area contributed by atoms with Crippen LogP contribution in [0.2, 0.25) is 0 Å². The number of carbonyl (C=O) groups is 1. The van der Waals surface area contributed by atoms with Crippen molar-refractivity contribution in [1.29, 1.82) is 0 Å². The Bertz CT molecular complexity index is 925. The molecule has 0 saturated carbocycles. The Hall–Kier alpha value is -3.08. The Balaban J connectivity index is 2.07. The molecule has 3 rings (SSSR count). The molecule has 0 aliphatic rings. The van der Waals surface area contributed by atoms with E-state index in [1.165, 1.54) is 13.0 Å². The summed E-state index contributed by atoms with van der Waals surface area (Å²) in [7, 11) is 0. The molecule has 2 aromatic carbocycles. The lowest BCUT2D eigenvalue weighted by atomic mass is 10.2. The second-order valence-electron chi connectivity index (χ2n) is 4.98. The number of fused-ring (bicyclic) bond motifs is 1. The van der Waals surface area contributed by atoms with Crippen molar-refractivity contribution in [3.05, 3.63) is 64.5 Å². The van der Waals surface area contributed by atoms with Gasteiger partial charge in [-0.05, 0) is 31.2 Å².